The summed E-state index contributed by atoms with van der Waals surface area (Å²) in [7, 11) is -1.90. The van der Waals surface area contributed by atoms with Gasteiger partial charge in [0.05, 0.1) is 17.3 Å². The molecule has 6 nitrogen and oxygen atoms in total. The Morgan fingerprint density at radius 2 is 1.78 bits per heavy atom. The third-order valence-corrected chi connectivity index (χ3v) is 5.56. The number of hydrogen-bond acceptors (Lipinski definition) is 5. The van der Waals surface area contributed by atoms with E-state index in [4.69, 9.17) is 4.74 Å². The molecule has 0 bridgehead atoms. The first kappa shape index (κ1) is 17.9. The van der Waals surface area contributed by atoms with Crippen LogP contribution in [0.25, 0.3) is 0 Å². The van der Waals surface area contributed by atoms with Gasteiger partial charge in [0, 0.05) is 37.8 Å². The molecule has 2 unspecified atom stereocenters. The fraction of sp³-hybridized carbons (Fsp3) is 0.562. The second kappa shape index (κ2) is 7.42. The molecule has 1 N–H and O–H groups in total. The summed E-state index contributed by atoms with van der Waals surface area (Å²) in [5.74, 6) is -0.130. The highest BCUT2D eigenvalue weighted by molar-refractivity contribution is 7.91. The zero-order valence-corrected chi connectivity index (χ0v) is 14.6. The van der Waals surface area contributed by atoms with Gasteiger partial charge in [0.2, 0.25) is 0 Å². The Morgan fingerprint density at radius 3 is 2.30 bits per heavy atom. The standard InChI is InChI=1S/C16H24N2O4S/c1-12-10-18(11-13(2)17-12)16(19)14-4-6-15(7-5-14)23(20,21)9-8-22-3/h4-7,12-13,17H,8-11H2,1-3H3. The van der Waals surface area contributed by atoms with Gasteiger partial charge < -0.3 is 15.0 Å². The van der Waals surface area contributed by atoms with E-state index in [1.54, 1.807) is 17.0 Å². The van der Waals surface area contributed by atoms with Crippen LogP contribution in [0.1, 0.15) is 24.2 Å². The van der Waals surface area contributed by atoms with Gasteiger partial charge in [-0.2, -0.15) is 0 Å². The fourth-order valence-corrected chi connectivity index (χ4v) is 3.96. The number of methoxy groups -OCH3 is 1. The zero-order chi connectivity index (χ0) is 17.0. The molecule has 1 aromatic carbocycles. The van der Waals surface area contributed by atoms with E-state index in [9.17, 15) is 13.2 Å². The first-order valence-corrected chi connectivity index (χ1v) is 9.36. The molecule has 2 rings (SSSR count). The number of rotatable bonds is 5. The number of amides is 1. The Morgan fingerprint density at radius 1 is 1.22 bits per heavy atom. The molecule has 1 aromatic rings. The van der Waals surface area contributed by atoms with Gasteiger partial charge in [-0.25, -0.2) is 8.42 Å². The molecule has 1 amide bonds. The summed E-state index contributed by atoms with van der Waals surface area (Å²) < 4.78 is 29.0. The molecule has 1 aliphatic heterocycles. The zero-order valence-electron chi connectivity index (χ0n) is 13.8. The quantitative estimate of drug-likeness (QED) is 0.863. The van der Waals surface area contributed by atoms with E-state index in [2.05, 4.69) is 5.32 Å². The Balaban J connectivity index is 2.11. The number of carbonyl (C=O) groups is 1. The summed E-state index contributed by atoms with van der Waals surface area (Å²) in [5.41, 5.74) is 0.511. The van der Waals surface area contributed by atoms with Crippen LogP contribution in [0.2, 0.25) is 0 Å². The van der Waals surface area contributed by atoms with Crippen molar-refractivity contribution < 1.29 is 17.9 Å². The minimum absolute atomic E-state index is 0.0639. The fourth-order valence-electron chi connectivity index (χ4n) is 2.79. The summed E-state index contributed by atoms with van der Waals surface area (Å²) >= 11 is 0. The van der Waals surface area contributed by atoms with Crippen LogP contribution in [-0.2, 0) is 14.6 Å². The van der Waals surface area contributed by atoms with Gasteiger partial charge in [0.25, 0.3) is 5.91 Å². The van der Waals surface area contributed by atoms with Crippen molar-refractivity contribution in [1.82, 2.24) is 10.2 Å². The highest BCUT2D eigenvalue weighted by atomic mass is 32.2. The molecule has 0 aromatic heterocycles. The van der Waals surface area contributed by atoms with Crippen molar-refractivity contribution in [2.45, 2.75) is 30.8 Å². The van der Waals surface area contributed by atoms with Gasteiger partial charge in [-0.15, -0.1) is 0 Å². The van der Waals surface area contributed by atoms with Crippen molar-refractivity contribution in [3.63, 3.8) is 0 Å². The Hall–Kier alpha value is -1.44. The molecular formula is C16H24N2O4S. The normalized spacial score (nSPS) is 22.1. The molecular weight excluding hydrogens is 316 g/mol. The number of sulfone groups is 1. The number of hydrogen-bond donors (Lipinski definition) is 1. The van der Waals surface area contributed by atoms with E-state index in [-0.39, 0.29) is 35.2 Å². The van der Waals surface area contributed by atoms with E-state index >= 15 is 0 Å². The Kier molecular flexibility index (Phi) is 5.78. The van der Waals surface area contributed by atoms with E-state index in [1.165, 1.54) is 19.2 Å². The third-order valence-electron chi connectivity index (χ3n) is 3.86. The first-order valence-electron chi connectivity index (χ1n) is 7.70. The lowest BCUT2D eigenvalue weighted by atomic mass is 10.1. The van der Waals surface area contributed by atoms with Crippen LogP contribution < -0.4 is 5.32 Å². The largest absolute Gasteiger partial charge is 0.384 e. The molecule has 128 valence electrons. The number of benzene rings is 1. The maximum absolute atomic E-state index is 12.6. The van der Waals surface area contributed by atoms with E-state index in [0.29, 0.717) is 18.7 Å². The van der Waals surface area contributed by atoms with Crippen LogP contribution in [0, 0.1) is 0 Å². The number of ether oxygens (including phenoxy) is 1. The summed E-state index contributed by atoms with van der Waals surface area (Å²) in [6.07, 6.45) is 0. The molecule has 0 radical (unpaired) electrons. The van der Waals surface area contributed by atoms with Gasteiger partial charge in [-0.3, -0.25) is 4.79 Å². The van der Waals surface area contributed by atoms with Gasteiger partial charge in [0.15, 0.2) is 9.84 Å². The highest BCUT2D eigenvalue weighted by Gasteiger charge is 2.25. The minimum Gasteiger partial charge on any atom is -0.384 e. The number of nitrogens with one attached hydrogen (secondary N) is 1. The van der Waals surface area contributed by atoms with Crippen LogP contribution in [0.3, 0.4) is 0 Å². The average molecular weight is 340 g/mol. The molecule has 1 heterocycles. The van der Waals surface area contributed by atoms with Crippen LogP contribution in [0.4, 0.5) is 0 Å². The second-order valence-corrected chi connectivity index (χ2v) is 8.12. The van der Waals surface area contributed by atoms with Crippen molar-refractivity contribution in [3.8, 4) is 0 Å². The summed E-state index contributed by atoms with van der Waals surface area (Å²) in [4.78, 5) is 14.6. The topological polar surface area (TPSA) is 75.7 Å². The number of nitrogens with zero attached hydrogens (tertiary/aromatic N) is 1. The smallest absolute Gasteiger partial charge is 0.253 e. The molecule has 1 saturated heterocycles. The monoisotopic (exact) mass is 340 g/mol. The third kappa shape index (κ3) is 4.53. The molecule has 2 atom stereocenters. The summed E-state index contributed by atoms with van der Waals surface area (Å²) in [6, 6.07) is 6.65. The van der Waals surface area contributed by atoms with Crippen molar-refractivity contribution in [1.29, 1.82) is 0 Å². The highest BCUT2D eigenvalue weighted by Crippen LogP contribution is 2.15. The maximum atomic E-state index is 12.6. The van der Waals surface area contributed by atoms with Crippen LogP contribution in [0.5, 0.6) is 0 Å². The van der Waals surface area contributed by atoms with Gasteiger partial charge >= 0.3 is 0 Å². The van der Waals surface area contributed by atoms with Crippen LogP contribution in [-0.4, -0.2) is 63.9 Å². The molecule has 1 aliphatic rings. The predicted octanol–water partition coefficient (Wildman–Crippen LogP) is 0.929. The molecule has 23 heavy (non-hydrogen) atoms. The lowest BCUT2D eigenvalue weighted by Gasteiger charge is -2.36. The lowest BCUT2D eigenvalue weighted by Crippen LogP contribution is -2.55. The average Bonchev–Trinajstić information content (AvgIpc) is 2.51. The van der Waals surface area contributed by atoms with Crippen molar-refractivity contribution in [2.24, 2.45) is 0 Å². The second-order valence-electron chi connectivity index (χ2n) is 6.01. The van der Waals surface area contributed by atoms with Gasteiger partial charge in [-0.05, 0) is 38.1 Å². The molecule has 0 spiro atoms. The van der Waals surface area contributed by atoms with Crippen LogP contribution >= 0.6 is 0 Å². The Labute approximate surface area is 137 Å². The number of piperazine rings is 1. The number of carbonyl (C=O) groups excluding carboxylic acids is 1. The van der Waals surface area contributed by atoms with E-state index in [1.807, 2.05) is 13.8 Å². The van der Waals surface area contributed by atoms with E-state index < -0.39 is 9.84 Å². The van der Waals surface area contributed by atoms with Crippen molar-refractivity contribution in [3.05, 3.63) is 29.8 Å². The van der Waals surface area contributed by atoms with Gasteiger partial charge in [0.1, 0.15) is 0 Å². The summed E-state index contributed by atoms with van der Waals surface area (Å²) in [6.45, 7) is 5.54. The van der Waals surface area contributed by atoms with E-state index in [0.717, 1.165) is 0 Å². The molecule has 7 heteroatoms. The lowest BCUT2D eigenvalue weighted by molar-refractivity contribution is 0.0673. The Bertz CT molecular complexity index is 633. The van der Waals surface area contributed by atoms with Crippen molar-refractivity contribution in [2.75, 3.05) is 32.6 Å². The minimum atomic E-state index is -3.37. The van der Waals surface area contributed by atoms with Gasteiger partial charge in [-0.1, -0.05) is 0 Å². The van der Waals surface area contributed by atoms with Crippen LogP contribution in [0.15, 0.2) is 29.2 Å². The SMILES string of the molecule is COCCS(=O)(=O)c1ccc(C(=O)N2CC(C)NC(C)C2)cc1. The maximum Gasteiger partial charge on any atom is 0.253 e. The molecule has 0 saturated carbocycles. The predicted molar refractivity (Wildman–Crippen MR) is 88.3 cm³/mol. The molecule has 0 aliphatic carbocycles. The first-order chi connectivity index (χ1) is 10.8. The molecule has 1 fully saturated rings. The van der Waals surface area contributed by atoms with Crippen molar-refractivity contribution >= 4 is 15.7 Å². The summed E-state index contributed by atoms with van der Waals surface area (Å²) in [5, 5.41) is 3.38.